The number of hydrogen-bond donors (Lipinski definition) is 2. The van der Waals surface area contributed by atoms with Gasteiger partial charge in [-0.2, -0.15) is 0 Å². The van der Waals surface area contributed by atoms with E-state index in [9.17, 15) is 9.59 Å². The summed E-state index contributed by atoms with van der Waals surface area (Å²) in [6.45, 7) is 2.68. The molecule has 1 atom stereocenters. The average Bonchev–Trinajstić information content (AvgIpc) is 3.35. The number of benzene rings is 1. The van der Waals surface area contributed by atoms with Crippen LogP contribution < -0.4 is 10.6 Å². The predicted molar refractivity (Wildman–Crippen MR) is 107 cm³/mol. The quantitative estimate of drug-likeness (QED) is 0.701. The third kappa shape index (κ3) is 5.16. The highest BCUT2D eigenvalue weighted by Gasteiger charge is 2.24. The minimum Gasteiger partial charge on any atom is -0.353 e. The van der Waals surface area contributed by atoms with Crippen molar-refractivity contribution < 1.29 is 9.59 Å². The second kappa shape index (κ2) is 9.30. The van der Waals surface area contributed by atoms with Gasteiger partial charge in [-0.3, -0.25) is 14.5 Å². The number of nitrogens with zero attached hydrogens (tertiary/aromatic N) is 1. The van der Waals surface area contributed by atoms with E-state index in [-0.39, 0.29) is 24.4 Å². The Morgan fingerprint density at radius 1 is 1.12 bits per heavy atom. The monoisotopic (exact) mass is 435 g/mol. The summed E-state index contributed by atoms with van der Waals surface area (Å²) in [5, 5.41) is 7.70. The summed E-state index contributed by atoms with van der Waals surface area (Å²) < 4.78 is 0.910. The van der Waals surface area contributed by atoms with Gasteiger partial charge in [0.15, 0.2) is 0 Å². The van der Waals surface area contributed by atoms with E-state index in [1.54, 1.807) is 35.6 Å². The molecule has 1 unspecified atom stereocenters. The Kier molecular flexibility index (Phi) is 6.82. The number of thiophene rings is 1. The highest BCUT2D eigenvalue weighted by atomic mass is 79.9. The van der Waals surface area contributed by atoms with E-state index in [0.29, 0.717) is 12.1 Å². The summed E-state index contributed by atoms with van der Waals surface area (Å²) in [5.74, 6) is -0.418. The van der Waals surface area contributed by atoms with E-state index >= 15 is 0 Å². The van der Waals surface area contributed by atoms with Gasteiger partial charge in [0.05, 0.1) is 12.6 Å². The van der Waals surface area contributed by atoms with Crippen molar-refractivity contribution in [1.82, 2.24) is 15.5 Å². The van der Waals surface area contributed by atoms with Gasteiger partial charge in [-0.25, -0.2) is 0 Å². The Labute approximate surface area is 165 Å². The Bertz CT molecular complexity index is 728. The van der Waals surface area contributed by atoms with Crippen molar-refractivity contribution in [1.29, 1.82) is 0 Å². The van der Waals surface area contributed by atoms with Crippen LogP contribution in [0, 0.1) is 0 Å². The molecule has 138 valence electrons. The molecule has 1 fully saturated rings. The summed E-state index contributed by atoms with van der Waals surface area (Å²) in [6, 6.07) is 11.4. The fraction of sp³-hybridized carbons (Fsp3) is 0.368. The fourth-order valence-corrected chi connectivity index (χ4v) is 4.21. The topological polar surface area (TPSA) is 61.4 Å². The number of rotatable bonds is 7. The molecule has 1 aliphatic heterocycles. The van der Waals surface area contributed by atoms with Gasteiger partial charge in [0.25, 0.3) is 5.91 Å². The molecule has 1 aromatic carbocycles. The lowest BCUT2D eigenvalue weighted by atomic mass is 10.2. The van der Waals surface area contributed by atoms with Crippen LogP contribution in [0.4, 0.5) is 0 Å². The molecule has 2 amide bonds. The van der Waals surface area contributed by atoms with Gasteiger partial charge in [0.1, 0.15) is 0 Å². The zero-order valence-corrected chi connectivity index (χ0v) is 16.8. The van der Waals surface area contributed by atoms with E-state index in [0.717, 1.165) is 17.6 Å². The van der Waals surface area contributed by atoms with E-state index in [1.807, 2.05) is 6.07 Å². The lowest BCUT2D eigenvalue weighted by Gasteiger charge is -2.26. The van der Waals surface area contributed by atoms with E-state index < -0.39 is 0 Å². The van der Waals surface area contributed by atoms with Gasteiger partial charge in [-0.15, -0.1) is 11.3 Å². The molecule has 7 heteroatoms. The lowest BCUT2D eigenvalue weighted by molar-refractivity contribution is -0.120. The molecule has 0 bridgehead atoms. The summed E-state index contributed by atoms with van der Waals surface area (Å²) in [5.41, 5.74) is 0.537. The van der Waals surface area contributed by atoms with Gasteiger partial charge in [-0.1, -0.05) is 22.0 Å². The first-order valence-corrected chi connectivity index (χ1v) is 10.4. The number of halogens is 1. The number of hydrogen-bond acceptors (Lipinski definition) is 4. The number of carbonyl (C=O) groups excluding carboxylic acids is 2. The van der Waals surface area contributed by atoms with Gasteiger partial charge >= 0.3 is 0 Å². The van der Waals surface area contributed by atoms with Crippen molar-refractivity contribution in [2.75, 3.05) is 26.2 Å². The van der Waals surface area contributed by atoms with Crippen LogP contribution in [0.5, 0.6) is 0 Å². The molecule has 2 heterocycles. The third-order valence-electron chi connectivity index (χ3n) is 4.46. The smallest absolute Gasteiger partial charge is 0.251 e. The van der Waals surface area contributed by atoms with Gasteiger partial charge in [0.2, 0.25) is 5.91 Å². The first kappa shape index (κ1) is 19.1. The molecule has 1 aliphatic rings. The minimum atomic E-state index is -0.248. The second-order valence-electron chi connectivity index (χ2n) is 6.27. The largest absolute Gasteiger partial charge is 0.353 e. The molecule has 0 radical (unpaired) electrons. The number of nitrogens with one attached hydrogen (secondary N) is 2. The SMILES string of the molecule is O=C(CNC(=O)c1ccc(Br)cc1)NCC(c1cccs1)N1CCCC1. The first-order valence-electron chi connectivity index (χ1n) is 8.71. The predicted octanol–water partition coefficient (Wildman–Crippen LogP) is 3.19. The zero-order valence-electron chi connectivity index (χ0n) is 14.4. The molecule has 5 nitrogen and oxygen atoms in total. The normalized spacial score (nSPS) is 15.6. The molecule has 1 saturated heterocycles. The maximum absolute atomic E-state index is 12.2. The van der Waals surface area contributed by atoms with Crippen molar-refractivity contribution in [3.63, 3.8) is 0 Å². The number of amides is 2. The van der Waals surface area contributed by atoms with Crippen LogP contribution in [0.2, 0.25) is 0 Å². The summed E-state index contributed by atoms with van der Waals surface area (Å²) >= 11 is 5.06. The first-order chi connectivity index (χ1) is 12.6. The van der Waals surface area contributed by atoms with Crippen LogP contribution in [0.1, 0.15) is 34.1 Å². The highest BCUT2D eigenvalue weighted by Crippen LogP contribution is 2.27. The Morgan fingerprint density at radius 2 is 1.85 bits per heavy atom. The van der Waals surface area contributed by atoms with Crippen LogP contribution in [0.15, 0.2) is 46.3 Å². The molecular formula is C19H22BrN3O2S. The van der Waals surface area contributed by atoms with Crippen LogP contribution in [0.25, 0.3) is 0 Å². The lowest BCUT2D eigenvalue weighted by Crippen LogP contribution is -2.41. The zero-order chi connectivity index (χ0) is 18.4. The Balaban J connectivity index is 1.49. The molecule has 0 aliphatic carbocycles. The maximum Gasteiger partial charge on any atom is 0.251 e. The molecule has 0 spiro atoms. The fourth-order valence-electron chi connectivity index (χ4n) is 3.08. The van der Waals surface area contributed by atoms with Crippen LogP contribution in [-0.4, -0.2) is 42.9 Å². The van der Waals surface area contributed by atoms with Crippen molar-refractivity contribution in [2.24, 2.45) is 0 Å². The van der Waals surface area contributed by atoms with Crippen molar-refractivity contribution in [2.45, 2.75) is 18.9 Å². The summed E-state index contributed by atoms with van der Waals surface area (Å²) in [7, 11) is 0. The van der Waals surface area contributed by atoms with Crippen LogP contribution >= 0.6 is 27.3 Å². The Hall–Kier alpha value is -1.70. The Morgan fingerprint density at radius 3 is 2.50 bits per heavy atom. The molecule has 1 aromatic heterocycles. The minimum absolute atomic E-state index is 0.0218. The standard InChI is InChI=1S/C19H22BrN3O2S/c20-15-7-5-14(6-8-15)19(25)22-13-18(24)21-12-16(17-4-3-11-26-17)23-9-1-2-10-23/h3-8,11,16H,1-2,9-10,12-13H2,(H,21,24)(H,22,25). The molecular weight excluding hydrogens is 414 g/mol. The third-order valence-corrected chi connectivity index (χ3v) is 5.96. The van der Waals surface area contributed by atoms with E-state index in [2.05, 4.69) is 42.9 Å². The second-order valence-corrected chi connectivity index (χ2v) is 8.16. The van der Waals surface area contributed by atoms with Gasteiger partial charge in [-0.05, 0) is 61.6 Å². The average molecular weight is 436 g/mol. The van der Waals surface area contributed by atoms with Gasteiger partial charge in [0, 0.05) is 21.5 Å². The van der Waals surface area contributed by atoms with Crippen LogP contribution in [-0.2, 0) is 4.79 Å². The molecule has 0 saturated carbocycles. The molecule has 2 N–H and O–H groups in total. The van der Waals surface area contributed by atoms with E-state index in [1.165, 1.54) is 17.7 Å². The van der Waals surface area contributed by atoms with Gasteiger partial charge < -0.3 is 10.6 Å². The molecule has 3 rings (SSSR count). The van der Waals surface area contributed by atoms with Crippen molar-refractivity contribution in [3.8, 4) is 0 Å². The maximum atomic E-state index is 12.2. The summed E-state index contributed by atoms with van der Waals surface area (Å²) in [4.78, 5) is 27.9. The number of carbonyl (C=O) groups is 2. The summed E-state index contributed by atoms with van der Waals surface area (Å²) in [6.07, 6.45) is 2.41. The van der Waals surface area contributed by atoms with Crippen molar-refractivity contribution >= 4 is 39.1 Å². The molecule has 2 aromatic rings. The number of likely N-dealkylation sites (tertiary alicyclic amines) is 1. The van der Waals surface area contributed by atoms with Crippen LogP contribution in [0.3, 0.4) is 0 Å². The van der Waals surface area contributed by atoms with E-state index in [4.69, 9.17) is 0 Å². The highest BCUT2D eigenvalue weighted by molar-refractivity contribution is 9.10. The molecule has 26 heavy (non-hydrogen) atoms. The van der Waals surface area contributed by atoms with Crippen molar-refractivity contribution in [3.05, 3.63) is 56.7 Å².